The number of pyridine rings is 1. The number of carbonyl (C=O) groups is 1. The molecule has 0 aliphatic carbocycles. The van der Waals surface area contributed by atoms with Crippen molar-refractivity contribution >= 4 is 17.3 Å². The normalized spacial score (nSPS) is 12.1. The summed E-state index contributed by atoms with van der Waals surface area (Å²) < 4.78 is 1.53. The summed E-state index contributed by atoms with van der Waals surface area (Å²) in [5.74, 6) is -0.991. The summed E-state index contributed by atoms with van der Waals surface area (Å²) in [4.78, 5) is 28.2. The zero-order valence-corrected chi connectivity index (χ0v) is 14.3. The molecule has 6 nitrogen and oxygen atoms in total. The third-order valence-electron chi connectivity index (χ3n) is 4.05. The summed E-state index contributed by atoms with van der Waals surface area (Å²) in [7, 11) is 0. The van der Waals surface area contributed by atoms with E-state index < -0.39 is 5.97 Å². The van der Waals surface area contributed by atoms with Gasteiger partial charge in [-0.2, -0.15) is 0 Å². The van der Waals surface area contributed by atoms with E-state index in [9.17, 15) is 14.7 Å². The van der Waals surface area contributed by atoms with Crippen LogP contribution >= 0.6 is 0 Å². The van der Waals surface area contributed by atoms with Crippen LogP contribution in [0.25, 0.3) is 5.65 Å². The predicted molar refractivity (Wildman–Crippen MR) is 96.4 cm³/mol. The summed E-state index contributed by atoms with van der Waals surface area (Å²) in [6, 6.07) is 9.97. The van der Waals surface area contributed by atoms with Gasteiger partial charge < -0.3 is 10.4 Å². The van der Waals surface area contributed by atoms with Crippen LogP contribution in [0.2, 0.25) is 0 Å². The van der Waals surface area contributed by atoms with E-state index in [0.717, 1.165) is 11.1 Å². The highest BCUT2D eigenvalue weighted by molar-refractivity contribution is 5.94. The first-order valence-corrected chi connectivity index (χ1v) is 7.96. The number of hydrogen-bond donors (Lipinski definition) is 2. The van der Waals surface area contributed by atoms with Crippen LogP contribution in [-0.2, 0) is 0 Å². The highest BCUT2D eigenvalue weighted by Crippen LogP contribution is 2.25. The molecule has 25 heavy (non-hydrogen) atoms. The first-order valence-electron chi connectivity index (χ1n) is 7.96. The zero-order valence-electron chi connectivity index (χ0n) is 14.3. The van der Waals surface area contributed by atoms with Crippen molar-refractivity contribution in [2.45, 2.75) is 26.8 Å². The van der Waals surface area contributed by atoms with Gasteiger partial charge in [0, 0.05) is 29.2 Å². The average molecular weight is 337 g/mol. The predicted octanol–water partition coefficient (Wildman–Crippen LogP) is 3.18. The summed E-state index contributed by atoms with van der Waals surface area (Å²) in [5, 5.41) is 12.6. The number of benzene rings is 1. The van der Waals surface area contributed by atoms with Gasteiger partial charge in [0.1, 0.15) is 5.65 Å². The highest BCUT2D eigenvalue weighted by Gasteiger charge is 2.16. The second kappa shape index (κ2) is 6.39. The van der Waals surface area contributed by atoms with E-state index in [1.807, 2.05) is 19.9 Å². The fraction of sp³-hybridized carbons (Fsp3) is 0.211. The van der Waals surface area contributed by atoms with Gasteiger partial charge in [0.25, 0.3) is 5.56 Å². The number of nitrogens with zero attached hydrogens (tertiary/aromatic N) is 2. The maximum Gasteiger partial charge on any atom is 0.337 e. The van der Waals surface area contributed by atoms with E-state index >= 15 is 0 Å². The standard InChI is InChI=1S/C19H19N3O3/c1-11-8-15(18-20-12(2)9-17(23)22(18)10-11)13(3)21-16-7-5-4-6-14(16)19(24)25/h4-10,13,21H,1-3H3,(H,24,25). The molecule has 2 heterocycles. The Morgan fingerprint density at radius 3 is 2.68 bits per heavy atom. The number of hydrogen-bond acceptors (Lipinski definition) is 4. The number of fused-ring (bicyclic) bond motifs is 1. The number of rotatable bonds is 4. The second-order valence-electron chi connectivity index (χ2n) is 6.12. The summed E-state index contributed by atoms with van der Waals surface area (Å²) in [6.07, 6.45) is 1.76. The van der Waals surface area contributed by atoms with E-state index in [4.69, 9.17) is 0 Å². The van der Waals surface area contributed by atoms with Gasteiger partial charge in [-0.25, -0.2) is 9.78 Å². The van der Waals surface area contributed by atoms with Crippen molar-refractivity contribution in [1.29, 1.82) is 0 Å². The fourth-order valence-electron chi connectivity index (χ4n) is 2.91. The zero-order chi connectivity index (χ0) is 18.1. The van der Waals surface area contributed by atoms with Crippen LogP contribution in [0, 0.1) is 13.8 Å². The molecule has 3 rings (SSSR count). The Balaban J connectivity index is 2.11. The van der Waals surface area contributed by atoms with E-state index in [0.29, 0.717) is 17.0 Å². The minimum atomic E-state index is -0.991. The van der Waals surface area contributed by atoms with Crippen molar-refractivity contribution in [2.75, 3.05) is 5.32 Å². The van der Waals surface area contributed by atoms with Crippen LogP contribution < -0.4 is 10.9 Å². The Bertz CT molecular complexity index is 1020. The third-order valence-corrected chi connectivity index (χ3v) is 4.05. The lowest BCUT2D eigenvalue weighted by atomic mass is 10.1. The highest BCUT2D eigenvalue weighted by atomic mass is 16.4. The lowest BCUT2D eigenvalue weighted by Gasteiger charge is -2.19. The van der Waals surface area contributed by atoms with Crippen LogP contribution in [0.15, 0.2) is 47.4 Å². The molecule has 0 spiro atoms. The molecule has 0 fully saturated rings. The molecule has 3 aromatic rings. The molecule has 1 aromatic carbocycles. The molecule has 0 bridgehead atoms. The van der Waals surface area contributed by atoms with Crippen molar-refractivity contribution in [1.82, 2.24) is 9.38 Å². The number of para-hydroxylation sites is 1. The van der Waals surface area contributed by atoms with Gasteiger partial charge in [0.15, 0.2) is 0 Å². The van der Waals surface area contributed by atoms with Crippen LogP contribution in [0.5, 0.6) is 0 Å². The number of aromatic carboxylic acids is 1. The van der Waals surface area contributed by atoms with Crippen LogP contribution in [0.1, 0.15) is 40.1 Å². The van der Waals surface area contributed by atoms with Crippen molar-refractivity contribution < 1.29 is 9.90 Å². The first kappa shape index (κ1) is 16.7. The average Bonchev–Trinajstić information content (AvgIpc) is 2.55. The molecule has 0 saturated heterocycles. The van der Waals surface area contributed by atoms with E-state index in [1.165, 1.54) is 10.5 Å². The minimum absolute atomic E-state index is 0.134. The van der Waals surface area contributed by atoms with Crippen LogP contribution in [-0.4, -0.2) is 20.5 Å². The molecular weight excluding hydrogens is 318 g/mol. The molecule has 128 valence electrons. The maximum atomic E-state index is 12.3. The van der Waals surface area contributed by atoms with Crippen molar-refractivity contribution in [3.63, 3.8) is 0 Å². The monoisotopic (exact) mass is 337 g/mol. The number of carboxylic acids is 1. The molecule has 2 aromatic heterocycles. The molecule has 2 N–H and O–H groups in total. The van der Waals surface area contributed by atoms with Crippen molar-refractivity contribution in [3.8, 4) is 0 Å². The molecule has 0 aliphatic heterocycles. The Hall–Kier alpha value is -3.15. The molecule has 0 aliphatic rings. The largest absolute Gasteiger partial charge is 0.478 e. The van der Waals surface area contributed by atoms with Gasteiger partial charge in [-0.1, -0.05) is 12.1 Å². The van der Waals surface area contributed by atoms with Gasteiger partial charge >= 0.3 is 5.97 Å². The molecule has 0 saturated carbocycles. The first-order chi connectivity index (χ1) is 11.9. The maximum absolute atomic E-state index is 12.3. The molecule has 0 amide bonds. The van der Waals surface area contributed by atoms with Gasteiger partial charge in [0.05, 0.1) is 11.6 Å². The Morgan fingerprint density at radius 2 is 1.96 bits per heavy atom. The molecular formula is C19H19N3O3. The quantitative estimate of drug-likeness (QED) is 0.764. The molecule has 1 unspecified atom stereocenters. The summed E-state index contributed by atoms with van der Waals surface area (Å²) >= 11 is 0. The van der Waals surface area contributed by atoms with Gasteiger partial charge in [-0.3, -0.25) is 9.20 Å². The van der Waals surface area contributed by atoms with Crippen LogP contribution in [0.4, 0.5) is 5.69 Å². The fourth-order valence-corrected chi connectivity index (χ4v) is 2.91. The van der Waals surface area contributed by atoms with E-state index in [1.54, 1.807) is 37.4 Å². The van der Waals surface area contributed by atoms with Gasteiger partial charge in [-0.15, -0.1) is 0 Å². The smallest absolute Gasteiger partial charge is 0.337 e. The topological polar surface area (TPSA) is 83.7 Å². The van der Waals surface area contributed by atoms with E-state index in [2.05, 4.69) is 10.3 Å². The number of nitrogens with one attached hydrogen (secondary N) is 1. The lowest BCUT2D eigenvalue weighted by molar-refractivity contribution is 0.0698. The number of anilines is 1. The van der Waals surface area contributed by atoms with E-state index in [-0.39, 0.29) is 17.2 Å². The number of aryl methyl sites for hydroxylation is 2. The second-order valence-corrected chi connectivity index (χ2v) is 6.12. The molecule has 1 atom stereocenters. The SMILES string of the molecule is Cc1cc(C(C)Nc2ccccc2C(=O)O)c2nc(C)cc(=O)n2c1. The van der Waals surface area contributed by atoms with Crippen molar-refractivity contribution in [2.24, 2.45) is 0 Å². The van der Waals surface area contributed by atoms with Crippen LogP contribution in [0.3, 0.4) is 0 Å². The van der Waals surface area contributed by atoms with Gasteiger partial charge in [-0.05, 0) is 44.5 Å². The Labute approximate surface area is 144 Å². The molecule has 6 heteroatoms. The molecule has 0 radical (unpaired) electrons. The number of carboxylic acid groups (broad SMARTS) is 1. The Morgan fingerprint density at radius 1 is 1.24 bits per heavy atom. The Kier molecular flexibility index (Phi) is 4.27. The third kappa shape index (κ3) is 3.24. The summed E-state index contributed by atoms with van der Waals surface area (Å²) in [6.45, 7) is 5.61. The number of aromatic nitrogens is 2. The van der Waals surface area contributed by atoms with Gasteiger partial charge in [0.2, 0.25) is 0 Å². The lowest BCUT2D eigenvalue weighted by Crippen LogP contribution is -2.19. The summed E-state index contributed by atoms with van der Waals surface area (Å²) in [5.41, 5.74) is 3.57. The van der Waals surface area contributed by atoms with Crippen molar-refractivity contribution in [3.05, 3.63) is 75.3 Å². The minimum Gasteiger partial charge on any atom is -0.478 e.